The summed E-state index contributed by atoms with van der Waals surface area (Å²) >= 11 is 6.41. The summed E-state index contributed by atoms with van der Waals surface area (Å²) in [6.45, 7) is 6.29. The van der Waals surface area contributed by atoms with E-state index in [2.05, 4.69) is 53.0 Å². The van der Waals surface area contributed by atoms with E-state index in [4.69, 9.17) is 11.6 Å². The van der Waals surface area contributed by atoms with E-state index in [1.165, 1.54) is 0 Å². The first-order valence-corrected chi connectivity index (χ1v) is 9.12. The van der Waals surface area contributed by atoms with Crippen molar-refractivity contribution in [3.8, 4) is 22.5 Å². The molecule has 0 aliphatic carbocycles. The molecule has 3 aromatic heterocycles. The van der Waals surface area contributed by atoms with Crippen LogP contribution in [0.1, 0.15) is 32.4 Å². The van der Waals surface area contributed by atoms with Gasteiger partial charge in [-0.1, -0.05) is 30.7 Å². The zero-order chi connectivity index (χ0) is 18.3. The highest BCUT2D eigenvalue weighted by Gasteiger charge is 2.14. The fraction of sp³-hybridized carbons (Fsp3) is 0.250. The average Bonchev–Trinajstić information content (AvgIpc) is 3.28. The van der Waals surface area contributed by atoms with Crippen LogP contribution in [0, 0.1) is 0 Å². The van der Waals surface area contributed by atoms with Crippen LogP contribution in [0.15, 0.2) is 42.9 Å². The first-order valence-electron chi connectivity index (χ1n) is 8.75. The molecule has 1 N–H and O–H groups in total. The Kier molecular flexibility index (Phi) is 4.24. The van der Waals surface area contributed by atoms with Gasteiger partial charge in [0, 0.05) is 29.0 Å². The number of benzene rings is 1. The first-order chi connectivity index (χ1) is 12.6. The second-order valence-electron chi connectivity index (χ2n) is 6.61. The lowest BCUT2D eigenvalue weighted by Gasteiger charge is -2.06. The third-order valence-electron chi connectivity index (χ3n) is 4.54. The molecule has 0 atom stereocenters. The van der Waals surface area contributed by atoms with Crippen LogP contribution >= 0.6 is 11.6 Å². The Morgan fingerprint density at radius 2 is 2.04 bits per heavy atom. The Hall–Kier alpha value is -2.66. The van der Waals surface area contributed by atoms with Crippen molar-refractivity contribution in [3.05, 3.63) is 53.4 Å². The van der Waals surface area contributed by atoms with Gasteiger partial charge >= 0.3 is 0 Å². The van der Waals surface area contributed by atoms with E-state index in [0.29, 0.717) is 11.7 Å². The monoisotopic (exact) mass is 365 g/mol. The van der Waals surface area contributed by atoms with Crippen LogP contribution in [0.25, 0.3) is 33.7 Å². The smallest absolute Gasteiger partial charge is 0.178 e. The molecule has 3 heterocycles. The van der Waals surface area contributed by atoms with Crippen molar-refractivity contribution in [1.29, 1.82) is 0 Å². The topological polar surface area (TPSA) is 59.4 Å². The number of aromatic amines is 1. The van der Waals surface area contributed by atoms with Crippen LogP contribution in [0.5, 0.6) is 0 Å². The molecule has 4 rings (SSSR count). The normalized spacial score (nSPS) is 11.6. The highest BCUT2D eigenvalue weighted by atomic mass is 35.5. The predicted octanol–water partition coefficient (Wildman–Crippen LogP) is 5.29. The Balaban J connectivity index is 1.82. The van der Waals surface area contributed by atoms with Crippen molar-refractivity contribution < 1.29 is 0 Å². The van der Waals surface area contributed by atoms with Gasteiger partial charge in [0.25, 0.3) is 0 Å². The highest BCUT2D eigenvalue weighted by molar-refractivity contribution is 6.31. The molecule has 0 aliphatic rings. The van der Waals surface area contributed by atoms with Gasteiger partial charge in [0.15, 0.2) is 5.65 Å². The van der Waals surface area contributed by atoms with Crippen LogP contribution in [0.4, 0.5) is 0 Å². The van der Waals surface area contributed by atoms with Gasteiger partial charge in [0.1, 0.15) is 5.82 Å². The fourth-order valence-electron chi connectivity index (χ4n) is 3.03. The molecule has 132 valence electrons. The summed E-state index contributed by atoms with van der Waals surface area (Å²) in [5.41, 5.74) is 5.77. The minimum absolute atomic E-state index is 0.307. The summed E-state index contributed by atoms with van der Waals surface area (Å²) in [4.78, 5) is 12.5. The molecule has 26 heavy (non-hydrogen) atoms. The largest absolute Gasteiger partial charge is 0.336 e. The summed E-state index contributed by atoms with van der Waals surface area (Å²) in [6, 6.07) is 8.47. The number of halogens is 1. The molecule has 0 saturated heterocycles. The Labute approximate surface area is 157 Å². The molecule has 1 aromatic carbocycles. The van der Waals surface area contributed by atoms with E-state index in [1.807, 2.05) is 29.2 Å². The lowest BCUT2D eigenvalue weighted by molar-refractivity contribution is 0.532. The summed E-state index contributed by atoms with van der Waals surface area (Å²) in [7, 11) is 0. The molecule has 0 unspecified atom stereocenters. The Morgan fingerprint density at radius 1 is 1.19 bits per heavy atom. The van der Waals surface area contributed by atoms with E-state index < -0.39 is 0 Å². The quantitative estimate of drug-likeness (QED) is 0.534. The Bertz CT molecular complexity index is 1080. The molecule has 0 aliphatic heterocycles. The molecule has 0 fully saturated rings. The van der Waals surface area contributed by atoms with Crippen molar-refractivity contribution in [1.82, 2.24) is 24.7 Å². The van der Waals surface area contributed by atoms with Gasteiger partial charge < -0.3 is 4.98 Å². The fourth-order valence-corrected chi connectivity index (χ4v) is 3.35. The number of hydrogen-bond acceptors (Lipinski definition) is 3. The number of nitrogens with one attached hydrogen (secondary N) is 1. The zero-order valence-corrected chi connectivity index (χ0v) is 15.7. The molecular formula is C20H20ClN5. The minimum atomic E-state index is 0.307. The number of pyridine rings is 1. The summed E-state index contributed by atoms with van der Waals surface area (Å²) in [6.07, 6.45) is 6.51. The van der Waals surface area contributed by atoms with Gasteiger partial charge in [-0.05, 0) is 43.5 Å². The molecule has 0 amide bonds. The van der Waals surface area contributed by atoms with Crippen LogP contribution in [-0.4, -0.2) is 24.7 Å². The van der Waals surface area contributed by atoms with E-state index in [9.17, 15) is 0 Å². The molecular weight excluding hydrogens is 346 g/mol. The lowest BCUT2D eigenvalue weighted by Crippen LogP contribution is -1.99. The van der Waals surface area contributed by atoms with Crippen LogP contribution in [0.2, 0.25) is 5.02 Å². The molecule has 4 aromatic rings. The SMILES string of the molecule is CCc1ccc(-c2ccnc3nc(-c4cnn(C(C)C)c4)[nH]c23)cc1Cl. The number of hydrogen-bond donors (Lipinski definition) is 1. The number of nitrogens with zero attached hydrogens (tertiary/aromatic N) is 4. The van der Waals surface area contributed by atoms with Gasteiger partial charge in [0.05, 0.1) is 17.3 Å². The molecule has 0 bridgehead atoms. The summed E-state index contributed by atoms with van der Waals surface area (Å²) in [5, 5.41) is 5.18. The van der Waals surface area contributed by atoms with Crippen molar-refractivity contribution in [2.24, 2.45) is 0 Å². The number of fused-ring (bicyclic) bond motifs is 1. The van der Waals surface area contributed by atoms with Gasteiger partial charge in [-0.2, -0.15) is 5.10 Å². The van der Waals surface area contributed by atoms with Crippen LogP contribution in [-0.2, 0) is 6.42 Å². The number of aromatic nitrogens is 5. The molecule has 5 nitrogen and oxygen atoms in total. The predicted molar refractivity (Wildman–Crippen MR) is 105 cm³/mol. The Morgan fingerprint density at radius 3 is 2.73 bits per heavy atom. The van der Waals surface area contributed by atoms with E-state index in [0.717, 1.165) is 45.0 Å². The van der Waals surface area contributed by atoms with Crippen molar-refractivity contribution >= 4 is 22.8 Å². The maximum absolute atomic E-state index is 6.41. The molecule has 0 saturated carbocycles. The summed E-state index contributed by atoms with van der Waals surface area (Å²) in [5.74, 6) is 0.767. The van der Waals surface area contributed by atoms with Crippen molar-refractivity contribution in [2.45, 2.75) is 33.2 Å². The molecule has 0 spiro atoms. The van der Waals surface area contributed by atoms with E-state index in [1.54, 1.807) is 6.20 Å². The highest BCUT2D eigenvalue weighted by Crippen LogP contribution is 2.31. The van der Waals surface area contributed by atoms with E-state index >= 15 is 0 Å². The van der Waals surface area contributed by atoms with Gasteiger partial charge in [-0.25, -0.2) is 9.97 Å². The van der Waals surface area contributed by atoms with Crippen molar-refractivity contribution in [2.75, 3.05) is 0 Å². The zero-order valence-electron chi connectivity index (χ0n) is 15.0. The maximum atomic E-state index is 6.41. The van der Waals surface area contributed by atoms with Gasteiger partial charge in [-0.3, -0.25) is 4.68 Å². The third-order valence-corrected chi connectivity index (χ3v) is 4.89. The maximum Gasteiger partial charge on any atom is 0.178 e. The van der Waals surface area contributed by atoms with E-state index in [-0.39, 0.29) is 0 Å². The molecule has 0 radical (unpaired) electrons. The van der Waals surface area contributed by atoms with Crippen molar-refractivity contribution in [3.63, 3.8) is 0 Å². The summed E-state index contributed by atoms with van der Waals surface area (Å²) < 4.78 is 1.92. The molecule has 6 heteroatoms. The first kappa shape index (κ1) is 16.8. The average molecular weight is 366 g/mol. The second kappa shape index (κ2) is 6.57. The number of H-pyrrole nitrogens is 1. The van der Waals surface area contributed by atoms with Crippen LogP contribution in [0.3, 0.4) is 0 Å². The lowest BCUT2D eigenvalue weighted by atomic mass is 10.0. The minimum Gasteiger partial charge on any atom is -0.336 e. The third kappa shape index (κ3) is 2.88. The van der Waals surface area contributed by atoms with Gasteiger partial charge in [0.2, 0.25) is 0 Å². The van der Waals surface area contributed by atoms with Crippen LogP contribution < -0.4 is 0 Å². The van der Waals surface area contributed by atoms with Gasteiger partial charge in [-0.15, -0.1) is 0 Å². The number of imidazole rings is 1. The number of rotatable bonds is 4. The second-order valence-corrected chi connectivity index (χ2v) is 7.01. The standard InChI is InChI=1S/C20H20ClN5/c1-4-13-5-6-14(9-17(13)21)16-7-8-22-20-18(16)24-19(25-20)15-10-23-26(11-15)12(2)3/h5-12H,4H2,1-3H3,(H,22,24,25). The number of aryl methyl sites for hydroxylation is 1.